The third-order valence-electron chi connectivity index (χ3n) is 8.71. The maximum Gasteiger partial charge on any atom is -0.0183 e. The Hall–Kier alpha value is -0.780. The van der Waals surface area contributed by atoms with Crippen LogP contribution in [0, 0.1) is 29.6 Å². The second-order valence-corrected chi connectivity index (χ2v) is 13.1. The van der Waals surface area contributed by atoms with E-state index in [1.165, 1.54) is 133 Å². The van der Waals surface area contributed by atoms with Gasteiger partial charge in [0, 0.05) is 0 Å². The lowest BCUT2D eigenvalue weighted by molar-refractivity contribution is 0.275. The molecule has 0 heterocycles. The van der Waals surface area contributed by atoms with Crippen molar-refractivity contribution in [2.75, 3.05) is 0 Å². The standard InChI is InChI=1S/C37H70/c1-10-13-16-18-19-20-21-22-23-25-35(29-33(8)36(26-15-12-3)28-31(4)5)30-34(9)37(32(6)7)27-24-17-14-11-2/h12,31,34-37H,3,6,8,10-11,13-30H2,1-2,4-5,7,9H3. The van der Waals surface area contributed by atoms with Crippen LogP contribution in [0.5, 0.6) is 0 Å². The summed E-state index contributed by atoms with van der Waals surface area (Å²) in [7, 11) is 0. The number of hydrogen-bond acceptors (Lipinski definition) is 0. The van der Waals surface area contributed by atoms with Crippen molar-refractivity contribution >= 4 is 0 Å². The molecule has 0 aromatic carbocycles. The molecule has 0 nitrogen and oxygen atoms in total. The SMILES string of the molecule is C=CCCC(CC(C)C)C(=C)CC(CCCCCCCCCCC)CC(C)C(CCCCCC)C(=C)C. The first-order chi connectivity index (χ1) is 17.8. The summed E-state index contributed by atoms with van der Waals surface area (Å²) >= 11 is 0. The quantitative estimate of drug-likeness (QED) is 0.0755. The predicted molar refractivity (Wildman–Crippen MR) is 172 cm³/mol. The molecule has 0 radical (unpaired) electrons. The van der Waals surface area contributed by atoms with Gasteiger partial charge in [0.25, 0.3) is 0 Å². The Morgan fingerprint density at radius 1 is 0.676 bits per heavy atom. The van der Waals surface area contributed by atoms with Gasteiger partial charge >= 0.3 is 0 Å². The highest BCUT2D eigenvalue weighted by Crippen LogP contribution is 2.36. The Kier molecular flexibility index (Phi) is 23.8. The van der Waals surface area contributed by atoms with E-state index in [9.17, 15) is 0 Å². The maximum absolute atomic E-state index is 4.70. The van der Waals surface area contributed by atoms with Gasteiger partial charge in [0.1, 0.15) is 0 Å². The van der Waals surface area contributed by atoms with Crippen molar-refractivity contribution in [3.05, 3.63) is 37.0 Å². The van der Waals surface area contributed by atoms with E-state index < -0.39 is 0 Å². The van der Waals surface area contributed by atoms with E-state index in [4.69, 9.17) is 6.58 Å². The second-order valence-electron chi connectivity index (χ2n) is 13.1. The summed E-state index contributed by atoms with van der Waals surface area (Å²) in [6.45, 7) is 27.3. The van der Waals surface area contributed by atoms with Crippen LogP contribution in [0.15, 0.2) is 37.0 Å². The molecule has 4 atom stereocenters. The molecule has 218 valence electrons. The third kappa shape index (κ3) is 19.9. The highest BCUT2D eigenvalue weighted by molar-refractivity contribution is 5.04. The molecule has 0 aromatic rings. The molecule has 0 spiro atoms. The molecule has 0 saturated carbocycles. The van der Waals surface area contributed by atoms with Crippen molar-refractivity contribution in [1.29, 1.82) is 0 Å². The van der Waals surface area contributed by atoms with Gasteiger partial charge in [-0.25, -0.2) is 0 Å². The predicted octanol–water partition coefficient (Wildman–Crippen LogP) is 13.3. The fourth-order valence-electron chi connectivity index (χ4n) is 6.46. The molecule has 0 N–H and O–H groups in total. The van der Waals surface area contributed by atoms with Crippen LogP contribution < -0.4 is 0 Å². The molecular weight excluding hydrogens is 444 g/mol. The molecule has 0 aromatic heterocycles. The van der Waals surface area contributed by atoms with E-state index >= 15 is 0 Å². The van der Waals surface area contributed by atoms with Gasteiger partial charge < -0.3 is 0 Å². The van der Waals surface area contributed by atoms with Crippen LogP contribution in [0.4, 0.5) is 0 Å². The van der Waals surface area contributed by atoms with Crippen molar-refractivity contribution in [3.63, 3.8) is 0 Å². The smallest absolute Gasteiger partial charge is 0.0183 e. The van der Waals surface area contributed by atoms with Gasteiger partial charge in [-0.2, -0.15) is 0 Å². The van der Waals surface area contributed by atoms with Crippen LogP contribution >= 0.6 is 0 Å². The summed E-state index contributed by atoms with van der Waals surface area (Å²) in [6, 6.07) is 0. The highest BCUT2D eigenvalue weighted by atomic mass is 14.3. The van der Waals surface area contributed by atoms with E-state index in [0.717, 1.165) is 24.2 Å². The van der Waals surface area contributed by atoms with Crippen molar-refractivity contribution in [2.24, 2.45) is 29.6 Å². The Morgan fingerprint density at radius 3 is 1.70 bits per heavy atom. The Morgan fingerprint density at radius 2 is 1.19 bits per heavy atom. The summed E-state index contributed by atoms with van der Waals surface area (Å²) in [5.74, 6) is 3.58. The van der Waals surface area contributed by atoms with Gasteiger partial charge in [-0.15, -0.1) is 6.58 Å². The number of unbranched alkanes of at least 4 members (excludes halogenated alkanes) is 11. The lowest BCUT2D eigenvalue weighted by atomic mass is 9.75. The lowest BCUT2D eigenvalue weighted by Gasteiger charge is -2.31. The molecule has 0 rings (SSSR count). The van der Waals surface area contributed by atoms with E-state index in [2.05, 4.69) is 60.8 Å². The zero-order valence-corrected chi connectivity index (χ0v) is 26.7. The van der Waals surface area contributed by atoms with Crippen LogP contribution in [0.25, 0.3) is 0 Å². The molecule has 0 aliphatic heterocycles. The minimum Gasteiger partial charge on any atom is -0.103 e. The van der Waals surface area contributed by atoms with Gasteiger partial charge in [0.05, 0.1) is 0 Å². The van der Waals surface area contributed by atoms with Crippen LogP contribution in [-0.2, 0) is 0 Å². The average Bonchev–Trinajstić information content (AvgIpc) is 2.84. The molecular formula is C37H70. The molecule has 0 fully saturated rings. The minimum absolute atomic E-state index is 0.657. The van der Waals surface area contributed by atoms with Crippen molar-refractivity contribution in [2.45, 2.75) is 170 Å². The summed E-state index contributed by atoms with van der Waals surface area (Å²) in [5, 5.41) is 0. The van der Waals surface area contributed by atoms with Crippen LogP contribution in [0.1, 0.15) is 170 Å². The van der Waals surface area contributed by atoms with Gasteiger partial charge in [0.2, 0.25) is 0 Å². The zero-order valence-electron chi connectivity index (χ0n) is 26.7. The lowest BCUT2D eigenvalue weighted by Crippen LogP contribution is -2.19. The van der Waals surface area contributed by atoms with E-state index in [-0.39, 0.29) is 0 Å². The summed E-state index contributed by atoms with van der Waals surface area (Å²) in [6.07, 6.45) is 29.2. The topological polar surface area (TPSA) is 0 Å². The Balaban J connectivity index is 5.06. The largest absolute Gasteiger partial charge is 0.103 e. The highest BCUT2D eigenvalue weighted by Gasteiger charge is 2.24. The fraction of sp³-hybridized carbons (Fsp3) is 0.838. The first-order valence-corrected chi connectivity index (χ1v) is 16.7. The monoisotopic (exact) mass is 515 g/mol. The van der Waals surface area contributed by atoms with Crippen LogP contribution in [-0.4, -0.2) is 0 Å². The first kappa shape index (κ1) is 36.2. The Labute approximate surface area is 236 Å². The van der Waals surface area contributed by atoms with Gasteiger partial charge in [-0.1, -0.05) is 155 Å². The molecule has 37 heavy (non-hydrogen) atoms. The first-order valence-electron chi connectivity index (χ1n) is 16.7. The maximum atomic E-state index is 4.70. The van der Waals surface area contributed by atoms with Crippen molar-refractivity contribution in [3.8, 4) is 0 Å². The number of rotatable bonds is 27. The van der Waals surface area contributed by atoms with Gasteiger partial charge in [-0.3, -0.25) is 0 Å². The van der Waals surface area contributed by atoms with Crippen LogP contribution in [0.3, 0.4) is 0 Å². The third-order valence-corrected chi connectivity index (χ3v) is 8.71. The summed E-state index contributed by atoms with van der Waals surface area (Å²) in [5.41, 5.74) is 2.94. The molecule has 0 aliphatic rings. The molecule has 0 heteroatoms. The second kappa shape index (κ2) is 24.3. The van der Waals surface area contributed by atoms with Crippen molar-refractivity contribution < 1.29 is 0 Å². The van der Waals surface area contributed by atoms with Crippen LogP contribution in [0.2, 0.25) is 0 Å². The molecule has 0 bridgehead atoms. The van der Waals surface area contributed by atoms with Crippen molar-refractivity contribution in [1.82, 2.24) is 0 Å². The zero-order chi connectivity index (χ0) is 27.9. The van der Waals surface area contributed by atoms with E-state index in [1.807, 2.05) is 0 Å². The van der Waals surface area contributed by atoms with E-state index in [1.54, 1.807) is 0 Å². The molecule has 0 saturated heterocycles. The average molecular weight is 515 g/mol. The summed E-state index contributed by atoms with van der Waals surface area (Å²) in [4.78, 5) is 0. The normalized spacial score (nSPS) is 14.9. The fourth-order valence-corrected chi connectivity index (χ4v) is 6.46. The Bertz CT molecular complexity index is 552. The summed E-state index contributed by atoms with van der Waals surface area (Å²) < 4.78 is 0. The van der Waals surface area contributed by atoms with E-state index in [0.29, 0.717) is 11.8 Å². The number of hydrogen-bond donors (Lipinski definition) is 0. The molecule has 0 aliphatic carbocycles. The molecule has 4 unspecified atom stereocenters. The minimum atomic E-state index is 0.657. The van der Waals surface area contributed by atoms with Gasteiger partial charge in [-0.05, 0) is 75.0 Å². The number of allylic oxidation sites excluding steroid dienone is 3. The van der Waals surface area contributed by atoms with Gasteiger partial charge in [0.15, 0.2) is 0 Å². The molecule has 0 amide bonds.